The number of anilines is 1. The van der Waals surface area contributed by atoms with Crippen LogP contribution in [0, 0.1) is 0 Å². The molecule has 28 heavy (non-hydrogen) atoms. The Morgan fingerprint density at radius 1 is 0.929 bits per heavy atom. The fraction of sp³-hybridized carbons (Fsp3) is 0.250. The van der Waals surface area contributed by atoms with Crippen LogP contribution in [0.2, 0.25) is 0 Å². The molecule has 1 aliphatic rings. The zero-order valence-corrected chi connectivity index (χ0v) is 15.5. The average molecular weight is 400 g/mol. The summed E-state index contributed by atoms with van der Waals surface area (Å²) in [5.74, 6) is -0.768. The number of rotatable bonds is 2. The molecule has 0 radical (unpaired) electrons. The first-order valence-electron chi connectivity index (χ1n) is 8.97. The highest BCUT2D eigenvalue weighted by atomic mass is 32.1. The van der Waals surface area contributed by atoms with Gasteiger partial charge in [0.1, 0.15) is 10.8 Å². The molecule has 0 amide bonds. The quantitative estimate of drug-likeness (QED) is 0.439. The Kier molecular flexibility index (Phi) is 3.97. The fourth-order valence-corrected chi connectivity index (χ4v) is 4.83. The molecule has 142 valence electrons. The highest BCUT2D eigenvalue weighted by molar-refractivity contribution is 7.18. The van der Waals surface area contributed by atoms with E-state index in [1.165, 1.54) is 0 Å². The van der Waals surface area contributed by atoms with Gasteiger partial charge in [-0.2, -0.15) is 13.2 Å². The fourth-order valence-electron chi connectivity index (χ4n) is 3.72. The molecule has 1 aliphatic heterocycles. The van der Waals surface area contributed by atoms with Crippen LogP contribution >= 0.6 is 11.3 Å². The summed E-state index contributed by atoms with van der Waals surface area (Å²) >= 11 is 1.59. The lowest BCUT2D eigenvalue weighted by Crippen LogP contribution is -2.25. The highest BCUT2D eigenvalue weighted by Crippen LogP contribution is 2.41. The van der Waals surface area contributed by atoms with Gasteiger partial charge in [-0.15, -0.1) is 11.3 Å². The van der Waals surface area contributed by atoms with Gasteiger partial charge in [-0.3, -0.25) is 0 Å². The second-order valence-corrected chi connectivity index (χ2v) is 7.82. The number of nitrogens with zero attached hydrogens (tertiary/aromatic N) is 4. The van der Waals surface area contributed by atoms with Crippen molar-refractivity contribution in [3.05, 3.63) is 59.4 Å². The Labute approximate surface area is 162 Å². The number of hydrogen-bond acceptors (Lipinski definition) is 5. The minimum atomic E-state index is -4.59. The molecule has 8 heteroatoms. The van der Waals surface area contributed by atoms with E-state index in [1.54, 1.807) is 35.6 Å². The van der Waals surface area contributed by atoms with E-state index in [0.717, 1.165) is 28.1 Å². The second-order valence-electron chi connectivity index (χ2n) is 6.76. The maximum Gasteiger partial charge on any atom is 0.451 e. The molecule has 1 saturated heterocycles. The van der Waals surface area contributed by atoms with Crippen LogP contribution in [0.5, 0.6) is 0 Å². The number of halogens is 3. The Bertz CT molecular complexity index is 1140. The Balaban J connectivity index is 1.65. The summed E-state index contributed by atoms with van der Waals surface area (Å²) < 4.78 is 41.2. The summed E-state index contributed by atoms with van der Waals surface area (Å²) in [6, 6.07) is 14.6. The van der Waals surface area contributed by atoms with E-state index in [0.29, 0.717) is 23.3 Å². The van der Waals surface area contributed by atoms with E-state index >= 15 is 0 Å². The van der Waals surface area contributed by atoms with Crippen molar-refractivity contribution >= 4 is 38.3 Å². The van der Waals surface area contributed by atoms with E-state index in [2.05, 4.69) is 9.97 Å². The summed E-state index contributed by atoms with van der Waals surface area (Å²) in [4.78, 5) is 14.4. The van der Waals surface area contributed by atoms with Crippen LogP contribution in [0.4, 0.5) is 19.0 Å². The van der Waals surface area contributed by atoms with Crippen LogP contribution < -0.4 is 4.90 Å². The zero-order valence-electron chi connectivity index (χ0n) is 14.6. The van der Waals surface area contributed by atoms with E-state index in [-0.39, 0.29) is 6.04 Å². The topological polar surface area (TPSA) is 41.9 Å². The van der Waals surface area contributed by atoms with Gasteiger partial charge in [0.05, 0.1) is 21.8 Å². The summed E-state index contributed by atoms with van der Waals surface area (Å²) in [6.07, 6.45) is -2.89. The molecule has 0 aliphatic carbocycles. The summed E-state index contributed by atoms with van der Waals surface area (Å²) in [5, 5.41) is 1.54. The number of alkyl halides is 3. The second kappa shape index (κ2) is 6.41. The first kappa shape index (κ1) is 17.4. The predicted molar refractivity (Wildman–Crippen MR) is 103 cm³/mol. The van der Waals surface area contributed by atoms with E-state index in [9.17, 15) is 13.2 Å². The van der Waals surface area contributed by atoms with Crippen molar-refractivity contribution in [3.8, 4) is 0 Å². The molecule has 1 unspecified atom stereocenters. The standard InChI is InChI=1S/C20H15F3N4S/c21-20(22,23)19-25-13-7-2-1-6-12(13)17(26-19)27-11-5-9-15(27)18-24-14-8-3-4-10-16(14)28-18/h1-4,6-8,10,15H,5,9,11H2. The SMILES string of the molecule is FC(F)(F)c1nc(N2CCCC2c2nc3ccccc3s2)c2ccccc2n1. The molecule has 4 nitrogen and oxygen atoms in total. The van der Waals surface area contributed by atoms with Gasteiger partial charge < -0.3 is 4.90 Å². The molecule has 2 aromatic heterocycles. The highest BCUT2D eigenvalue weighted by Gasteiger charge is 2.38. The van der Waals surface area contributed by atoms with Crippen molar-refractivity contribution in [1.29, 1.82) is 0 Å². The minimum absolute atomic E-state index is 0.0863. The molecule has 1 atom stereocenters. The molecule has 3 heterocycles. The van der Waals surface area contributed by atoms with Crippen molar-refractivity contribution in [1.82, 2.24) is 15.0 Å². The van der Waals surface area contributed by atoms with Crippen LogP contribution in [0.15, 0.2) is 48.5 Å². The van der Waals surface area contributed by atoms with Crippen LogP contribution in [0.3, 0.4) is 0 Å². The van der Waals surface area contributed by atoms with Crippen LogP contribution in [-0.2, 0) is 6.18 Å². The number of para-hydroxylation sites is 2. The molecule has 0 spiro atoms. The van der Waals surface area contributed by atoms with Gasteiger partial charge in [0.25, 0.3) is 0 Å². The molecule has 0 N–H and O–H groups in total. The van der Waals surface area contributed by atoms with Gasteiger partial charge in [-0.25, -0.2) is 15.0 Å². The number of hydrogen-bond donors (Lipinski definition) is 0. The first-order valence-corrected chi connectivity index (χ1v) is 9.78. The molecule has 0 bridgehead atoms. The number of aromatic nitrogens is 3. The van der Waals surface area contributed by atoms with Gasteiger partial charge in [0.2, 0.25) is 5.82 Å². The average Bonchev–Trinajstić information content (AvgIpc) is 3.32. The zero-order chi connectivity index (χ0) is 19.3. The van der Waals surface area contributed by atoms with Crippen molar-refractivity contribution in [2.24, 2.45) is 0 Å². The lowest BCUT2D eigenvalue weighted by Gasteiger charge is -2.26. The lowest BCUT2D eigenvalue weighted by atomic mass is 10.2. The van der Waals surface area contributed by atoms with E-state index < -0.39 is 12.0 Å². The Morgan fingerprint density at radius 2 is 1.68 bits per heavy atom. The predicted octanol–water partition coefficient (Wildman–Crippen LogP) is 5.60. The molecule has 1 fully saturated rings. The van der Waals surface area contributed by atoms with Gasteiger partial charge in [-0.1, -0.05) is 24.3 Å². The van der Waals surface area contributed by atoms with Crippen molar-refractivity contribution in [3.63, 3.8) is 0 Å². The molecule has 5 rings (SSSR count). The van der Waals surface area contributed by atoms with E-state index in [1.807, 2.05) is 29.2 Å². The largest absolute Gasteiger partial charge is 0.451 e. The maximum absolute atomic E-state index is 13.4. The Morgan fingerprint density at radius 3 is 2.46 bits per heavy atom. The van der Waals surface area contributed by atoms with Gasteiger partial charge >= 0.3 is 6.18 Å². The van der Waals surface area contributed by atoms with Crippen LogP contribution in [0.1, 0.15) is 29.7 Å². The van der Waals surface area contributed by atoms with Crippen LogP contribution in [-0.4, -0.2) is 21.5 Å². The van der Waals surface area contributed by atoms with Crippen molar-refractivity contribution < 1.29 is 13.2 Å². The summed E-state index contributed by atoms with van der Waals surface area (Å²) in [5.41, 5.74) is 1.22. The van der Waals surface area contributed by atoms with Gasteiger partial charge in [0.15, 0.2) is 0 Å². The Hall–Kier alpha value is -2.74. The maximum atomic E-state index is 13.4. The lowest BCUT2D eigenvalue weighted by molar-refractivity contribution is -0.144. The minimum Gasteiger partial charge on any atom is -0.347 e. The third-order valence-corrected chi connectivity index (χ3v) is 6.09. The molecular weight excluding hydrogens is 385 g/mol. The third kappa shape index (κ3) is 2.88. The first-order chi connectivity index (χ1) is 13.5. The number of thiazole rings is 1. The van der Waals surface area contributed by atoms with Crippen molar-refractivity contribution in [2.45, 2.75) is 25.1 Å². The molecule has 0 saturated carbocycles. The summed E-state index contributed by atoms with van der Waals surface area (Å²) in [6.45, 7) is 0.638. The molecular formula is C20H15F3N4S. The molecule has 2 aromatic carbocycles. The molecule has 4 aromatic rings. The number of benzene rings is 2. The number of fused-ring (bicyclic) bond motifs is 2. The van der Waals surface area contributed by atoms with Gasteiger partial charge in [-0.05, 0) is 37.1 Å². The smallest absolute Gasteiger partial charge is 0.347 e. The monoisotopic (exact) mass is 400 g/mol. The van der Waals surface area contributed by atoms with E-state index in [4.69, 9.17) is 4.98 Å². The summed E-state index contributed by atoms with van der Waals surface area (Å²) in [7, 11) is 0. The van der Waals surface area contributed by atoms with Crippen LogP contribution in [0.25, 0.3) is 21.1 Å². The van der Waals surface area contributed by atoms with Crippen molar-refractivity contribution in [2.75, 3.05) is 11.4 Å². The van der Waals surface area contributed by atoms with Gasteiger partial charge in [0, 0.05) is 11.9 Å². The third-order valence-electron chi connectivity index (χ3n) is 4.96. The normalized spacial score (nSPS) is 17.7.